The molecule has 0 aliphatic heterocycles. The highest BCUT2D eigenvalue weighted by Crippen LogP contribution is 2.44. The summed E-state index contributed by atoms with van der Waals surface area (Å²) in [6, 6.07) is 0. The minimum absolute atomic E-state index is 0.124. The molecule has 0 radical (unpaired) electrons. The Morgan fingerprint density at radius 3 is 1.47 bits per heavy atom. The zero-order valence-electron chi connectivity index (χ0n) is 10.0. The standard InChI is InChI=1S/C8H9NS10/c1-8(2,3)9-6-4(10-14-18-16-12-6)5-7(9)13-17-19-15-11-5/h1-3H3. The summed E-state index contributed by atoms with van der Waals surface area (Å²) >= 11 is 0. The fourth-order valence-electron chi connectivity index (χ4n) is 1.61. The second kappa shape index (κ2) is 6.31. The zero-order chi connectivity index (χ0) is 13.5. The molecule has 11 heteroatoms. The first-order chi connectivity index (χ1) is 9.09. The normalized spacial score (nSPS) is 11.9. The summed E-state index contributed by atoms with van der Waals surface area (Å²) in [5, 5.41) is 0. The van der Waals surface area contributed by atoms with Gasteiger partial charge in [-0.25, -0.2) is 0 Å². The number of hydrogen-bond acceptors (Lipinski definition) is 10. The van der Waals surface area contributed by atoms with Crippen molar-refractivity contribution < 1.29 is 0 Å². The van der Waals surface area contributed by atoms with Crippen LogP contribution in [0.15, 0.2) is 0 Å². The van der Waals surface area contributed by atoms with Gasteiger partial charge in [0, 0.05) is 5.54 Å². The zero-order valence-corrected chi connectivity index (χ0v) is 18.2. The van der Waals surface area contributed by atoms with E-state index in [1.165, 1.54) is 19.1 Å². The van der Waals surface area contributed by atoms with E-state index in [4.69, 9.17) is 0 Å². The van der Waals surface area contributed by atoms with Gasteiger partial charge in [-0.05, 0) is 97.5 Å². The molecular formula is C8H9NS10. The lowest BCUT2D eigenvalue weighted by molar-refractivity contribution is 0.426. The van der Waals surface area contributed by atoms with Crippen molar-refractivity contribution in [2.24, 2.45) is 0 Å². The van der Waals surface area contributed by atoms with Crippen molar-refractivity contribution >= 4 is 116 Å². The van der Waals surface area contributed by atoms with Gasteiger partial charge in [-0.1, -0.05) is 20.7 Å². The Kier molecular flexibility index (Phi) is 5.10. The van der Waals surface area contributed by atoms with Crippen LogP contribution in [0.2, 0.25) is 0 Å². The van der Waals surface area contributed by atoms with Crippen LogP contribution >= 0.6 is 97.4 Å². The Morgan fingerprint density at radius 1 is 0.632 bits per heavy atom. The second-order valence-electron chi connectivity index (χ2n) is 4.52. The summed E-state index contributed by atoms with van der Waals surface area (Å²) in [5.74, 6) is 0. The molecule has 3 heterocycles. The Hall–Kier alpha value is 1.48. The van der Waals surface area contributed by atoms with Crippen LogP contribution in [-0.2, 0) is 5.54 Å². The smallest absolute Gasteiger partial charge is 0.128 e. The van der Waals surface area contributed by atoms with Gasteiger partial charge in [-0.3, -0.25) is 0 Å². The summed E-state index contributed by atoms with van der Waals surface area (Å²) in [6.45, 7) is 6.90. The highest BCUT2D eigenvalue weighted by Gasteiger charge is 2.22. The fraction of sp³-hybridized carbons (Fsp3) is 0.500. The molecule has 0 saturated carbocycles. The quantitative estimate of drug-likeness (QED) is 0.309. The predicted molar refractivity (Wildman–Crippen MR) is 106 cm³/mol. The molecule has 0 aliphatic rings. The lowest BCUT2D eigenvalue weighted by atomic mass is 10.1. The van der Waals surface area contributed by atoms with Crippen molar-refractivity contribution in [1.29, 1.82) is 0 Å². The fourth-order valence-corrected chi connectivity index (χ4v) is 20.7. The third kappa shape index (κ3) is 3.15. The van der Waals surface area contributed by atoms with E-state index >= 15 is 0 Å². The van der Waals surface area contributed by atoms with E-state index in [1.54, 1.807) is 0 Å². The van der Waals surface area contributed by atoms with Gasteiger partial charge in [-0.2, -0.15) is 0 Å². The van der Waals surface area contributed by atoms with Crippen molar-refractivity contribution in [1.82, 2.24) is 4.57 Å². The number of rotatable bonds is 0. The molecule has 0 spiro atoms. The van der Waals surface area contributed by atoms with Gasteiger partial charge in [0.1, 0.15) is 9.66 Å². The molecule has 106 valence electrons. The highest BCUT2D eigenvalue weighted by molar-refractivity contribution is 8.17. The molecule has 3 rings (SSSR count). The van der Waals surface area contributed by atoms with Gasteiger partial charge < -0.3 is 4.57 Å². The van der Waals surface area contributed by atoms with E-state index in [1.807, 2.05) is 97.4 Å². The SMILES string of the molecule is CC(C)(C)n1c2sssssc2c2sssssc21. The van der Waals surface area contributed by atoms with Crippen LogP contribution in [0.25, 0.3) is 19.1 Å². The van der Waals surface area contributed by atoms with Crippen LogP contribution < -0.4 is 0 Å². The Morgan fingerprint density at radius 2 is 1.05 bits per heavy atom. The van der Waals surface area contributed by atoms with Crippen molar-refractivity contribution in [3.05, 3.63) is 0 Å². The molecule has 3 aromatic rings. The van der Waals surface area contributed by atoms with Gasteiger partial charge in [0.05, 0.1) is 9.40 Å². The molecule has 3 aromatic heterocycles. The van der Waals surface area contributed by atoms with Crippen LogP contribution in [0.4, 0.5) is 0 Å². The maximum Gasteiger partial charge on any atom is 0.128 e. The van der Waals surface area contributed by atoms with Crippen LogP contribution in [0.5, 0.6) is 0 Å². The summed E-state index contributed by atoms with van der Waals surface area (Å²) in [6.07, 6.45) is 0. The van der Waals surface area contributed by atoms with Gasteiger partial charge in [0.25, 0.3) is 0 Å². The van der Waals surface area contributed by atoms with Gasteiger partial charge >= 0.3 is 0 Å². The predicted octanol–water partition coefficient (Wildman–Crippen LogP) is 8.54. The lowest BCUT2D eigenvalue weighted by Crippen LogP contribution is -2.20. The van der Waals surface area contributed by atoms with Crippen molar-refractivity contribution in [3.63, 3.8) is 0 Å². The monoisotopic (exact) mass is 439 g/mol. The lowest BCUT2D eigenvalue weighted by Gasteiger charge is -2.22. The molecule has 0 amide bonds. The number of fused-ring (bicyclic) bond motifs is 3. The van der Waals surface area contributed by atoms with Gasteiger partial charge in [0.15, 0.2) is 0 Å². The minimum Gasteiger partial charge on any atom is -0.316 e. The first-order valence-corrected chi connectivity index (χ1v) is 17.4. The van der Waals surface area contributed by atoms with E-state index in [2.05, 4.69) is 25.3 Å². The van der Waals surface area contributed by atoms with E-state index < -0.39 is 0 Å². The van der Waals surface area contributed by atoms with Crippen LogP contribution in [0.3, 0.4) is 0 Å². The molecule has 0 saturated heterocycles. The van der Waals surface area contributed by atoms with E-state index in [9.17, 15) is 0 Å². The third-order valence-electron chi connectivity index (χ3n) is 2.24. The van der Waals surface area contributed by atoms with Crippen molar-refractivity contribution in [2.45, 2.75) is 26.3 Å². The number of hydrogen-bond donors (Lipinski definition) is 0. The average molecular weight is 440 g/mol. The Balaban J connectivity index is 2.64. The van der Waals surface area contributed by atoms with E-state index in [0.29, 0.717) is 0 Å². The summed E-state index contributed by atoms with van der Waals surface area (Å²) in [4.78, 5) is 2.86. The highest BCUT2D eigenvalue weighted by atomic mass is 33.5. The molecule has 0 aliphatic carbocycles. The topological polar surface area (TPSA) is 4.93 Å². The maximum absolute atomic E-state index is 2.53. The number of aromatic nitrogens is 1. The van der Waals surface area contributed by atoms with Crippen LogP contribution in [-0.4, -0.2) is 4.57 Å². The first kappa shape index (κ1) is 15.4. The Labute approximate surface area is 145 Å². The maximum atomic E-state index is 2.53. The van der Waals surface area contributed by atoms with Crippen molar-refractivity contribution in [2.75, 3.05) is 0 Å². The van der Waals surface area contributed by atoms with Crippen LogP contribution in [0.1, 0.15) is 20.8 Å². The van der Waals surface area contributed by atoms with Gasteiger partial charge in [-0.15, -0.1) is 0 Å². The molecule has 0 atom stereocenters. The average Bonchev–Trinajstić information content (AvgIpc) is 2.57. The molecule has 0 bridgehead atoms. The second-order valence-corrected chi connectivity index (χ2v) is 19.4. The molecule has 0 fully saturated rings. The van der Waals surface area contributed by atoms with Gasteiger partial charge in [0.2, 0.25) is 0 Å². The molecule has 0 aromatic carbocycles. The number of nitrogens with zero attached hydrogens (tertiary/aromatic N) is 1. The molecule has 1 nitrogen and oxygen atoms in total. The molecule has 19 heavy (non-hydrogen) atoms. The summed E-state index contributed by atoms with van der Waals surface area (Å²) in [5.41, 5.74) is 0.124. The summed E-state index contributed by atoms with van der Waals surface area (Å²) in [7, 11) is 18.9. The van der Waals surface area contributed by atoms with E-state index in [0.717, 1.165) is 0 Å². The first-order valence-electron chi connectivity index (χ1n) is 5.07. The molecule has 0 unspecified atom stereocenters. The van der Waals surface area contributed by atoms with E-state index in [-0.39, 0.29) is 5.54 Å². The molecule has 0 N–H and O–H groups in total. The minimum atomic E-state index is 0.124. The molecular weight excluding hydrogens is 431 g/mol. The van der Waals surface area contributed by atoms with Crippen molar-refractivity contribution in [3.8, 4) is 0 Å². The van der Waals surface area contributed by atoms with Crippen LogP contribution in [0, 0.1) is 0 Å². The largest absolute Gasteiger partial charge is 0.316 e. The Bertz CT molecular complexity index is 717. The third-order valence-corrected chi connectivity index (χ3v) is 19.2. The summed E-state index contributed by atoms with van der Waals surface area (Å²) < 4.78 is 5.46.